The molecule has 4 heteroatoms. The van der Waals surface area contributed by atoms with E-state index in [1.165, 1.54) is 0 Å². The van der Waals surface area contributed by atoms with Crippen LogP contribution in [0.5, 0.6) is 0 Å². The van der Waals surface area contributed by atoms with Gasteiger partial charge < -0.3 is 15.5 Å². The summed E-state index contributed by atoms with van der Waals surface area (Å²) in [6.07, 6.45) is 7.62. The minimum absolute atomic E-state index is 0.00213. The molecule has 4 nitrogen and oxygen atoms in total. The average Bonchev–Trinajstić information content (AvgIpc) is 2.64. The van der Waals surface area contributed by atoms with Crippen molar-refractivity contribution >= 4 is 5.91 Å². The van der Waals surface area contributed by atoms with Crippen LogP contribution < -0.4 is 5.73 Å². The van der Waals surface area contributed by atoms with Gasteiger partial charge in [-0.25, -0.2) is 0 Å². The van der Waals surface area contributed by atoms with Crippen molar-refractivity contribution in [3.8, 4) is 12.3 Å². The molecule has 0 aromatic carbocycles. The van der Waals surface area contributed by atoms with Crippen LogP contribution in [0.1, 0.15) is 19.3 Å². The highest BCUT2D eigenvalue weighted by molar-refractivity contribution is 5.82. The molecule has 0 saturated carbocycles. The summed E-state index contributed by atoms with van der Waals surface area (Å²) in [7, 11) is 4.03. The minimum atomic E-state index is -0.534. The molecule has 1 rings (SSSR count). The van der Waals surface area contributed by atoms with E-state index in [0.29, 0.717) is 12.5 Å². The van der Waals surface area contributed by atoms with Crippen molar-refractivity contribution < 1.29 is 4.79 Å². The number of hydrogen-bond acceptors (Lipinski definition) is 3. The SMILES string of the molecule is C#CCC(N)C(=O)N1CCCC1CN(C)C. The van der Waals surface area contributed by atoms with E-state index >= 15 is 0 Å². The number of likely N-dealkylation sites (tertiary alicyclic amines) is 1. The maximum atomic E-state index is 12.0. The van der Waals surface area contributed by atoms with E-state index in [2.05, 4.69) is 10.8 Å². The fourth-order valence-electron chi connectivity index (χ4n) is 2.16. The Hall–Kier alpha value is -1.05. The molecule has 2 unspecified atom stereocenters. The minimum Gasteiger partial charge on any atom is -0.337 e. The first-order valence-corrected chi connectivity index (χ1v) is 5.70. The zero-order valence-corrected chi connectivity index (χ0v) is 10.1. The lowest BCUT2D eigenvalue weighted by Gasteiger charge is -2.28. The summed E-state index contributed by atoms with van der Waals surface area (Å²) >= 11 is 0. The van der Waals surface area contributed by atoms with Crippen LogP contribution in [0.25, 0.3) is 0 Å². The standard InChI is InChI=1S/C12H21N3O/c1-4-6-11(13)12(16)15-8-5-7-10(15)9-14(2)3/h1,10-11H,5-9,13H2,2-3H3. The largest absolute Gasteiger partial charge is 0.337 e. The molecule has 0 radical (unpaired) electrons. The highest BCUT2D eigenvalue weighted by Gasteiger charge is 2.31. The van der Waals surface area contributed by atoms with E-state index in [9.17, 15) is 4.79 Å². The lowest BCUT2D eigenvalue weighted by molar-refractivity contribution is -0.133. The number of terminal acetylenes is 1. The van der Waals surface area contributed by atoms with Crippen LogP contribution in [0.2, 0.25) is 0 Å². The van der Waals surface area contributed by atoms with E-state index in [-0.39, 0.29) is 5.91 Å². The summed E-state index contributed by atoms with van der Waals surface area (Å²) in [6.45, 7) is 1.71. The molecule has 0 bridgehead atoms. The van der Waals surface area contributed by atoms with Crippen LogP contribution in [-0.2, 0) is 4.79 Å². The summed E-state index contributed by atoms with van der Waals surface area (Å²) < 4.78 is 0. The summed E-state index contributed by atoms with van der Waals surface area (Å²) in [5.74, 6) is 2.45. The first kappa shape index (κ1) is 13.0. The molecule has 16 heavy (non-hydrogen) atoms. The number of carbonyl (C=O) groups excluding carboxylic acids is 1. The molecule has 0 aromatic heterocycles. The fraction of sp³-hybridized carbons (Fsp3) is 0.750. The number of nitrogens with zero attached hydrogens (tertiary/aromatic N) is 2. The van der Waals surface area contributed by atoms with Gasteiger partial charge in [0.25, 0.3) is 0 Å². The zero-order valence-electron chi connectivity index (χ0n) is 10.1. The topological polar surface area (TPSA) is 49.6 Å². The van der Waals surface area contributed by atoms with E-state index in [0.717, 1.165) is 25.9 Å². The van der Waals surface area contributed by atoms with Crippen molar-refractivity contribution in [1.29, 1.82) is 0 Å². The van der Waals surface area contributed by atoms with E-state index in [4.69, 9.17) is 12.2 Å². The second-order valence-electron chi connectivity index (χ2n) is 4.60. The molecule has 1 saturated heterocycles. The van der Waals surface area contributed by atoms with Gasteiger partial charge >= 0.3 is 0 Å². The van der Waals surface area contributed by atoms with Gasteiger partial charge in [-0.2, -0.15) is 0 Å². The molecule has 0 aliphatic carbocycles. The number of nitrogens with two attached hydrogens (primary N) is 1. The molecular weight excluding hydrogens is 202 g/mol. The number of amides is 1. The molecule has 1 heterocycles. The van der Waals surface area contributed by atoms with Crippen LogP contribution in [0.4, 0.5) is 0 Å². The molecule has 1 amide bonds. The lowest BCUT2D eigenvalue weighted by Crippen LogP contribution is -2.48. The van der Waals surface area contributed by atoms with Gasteiger partial charge in [0.1, 0.15) is 0 Å². The highest BCUT2D eigenvalue weighted by atomic mass is 16.2. The Morgan fingerprint density at radius 3 is 2.94 bits per heavy atom. The number of carbonyl (C=O) groups is 1. The van der Waals surface area contributed by atoms with E-state index < -0.39 is 6.04 Å². The Bertz CT molecular complexity index is 282. The maximum Gasteiger partial charge on any atom is 0.240 e. The van der Waals surface area contributed by atoms with Gasteiger partial charge in [0.2, 0.25) is 5.91 Å². The molecular formula is C12H21N3O. The first-order valence-electron chi connectivity index (χ1n) is 5.70. The summed E-state index contributed by atoms with van der Waals surface area (Å²) in [5, 5.41) is 0. The van der Waals surface area contributed by atoms with Crippen LogP contribution in [-0.4, -0.2) is 55.0 Å². The first-order chi connectivity index (χ1) is 7.56. The zero-order chi connectivity index (χ0) is 12.1. The van der Waals surface area contributed by atoms with Crippen molar-refractivity contribution in [1.82, 2.24) is 9.80 Å². The maximum absolute atomic E-state index is 12.0. The highest BCUT2D eigenvalue weighted by Crippen LogP contribution is 2.18. The molecule has 1 fully saturated rings. The Labute approximate surface area is 97.8 Å². The van der Waals surface area contributed by atoms with Gasteiger partial charge in [0.05, 0.1) is 6.04 Å². The molecule has 90 valence electrons. The van der Waals surface area contributed by atoms with Crippen LogP contribution >= 0.6 is 0 Å². The quantitative estimate of drug-likeness (QED) is 0.677. The van der Waals surface area contributed by atoms with Crippen molar-refractivity contribution in [2.45, 2.75) is 31.3 Å². The molecule has 2 atom stereocenters. The van der Waals surface area contributed by atoms with E-state index in [1.54, 1.807) is 0 Å². The summed E-state index contributed by atoms with van der Waals surface area (Å²) in [4.78, 5) is 16.0. The Morgan fingerprint density at radius 1 is 1.69 bits per heavy atom. The number of likely N-dealkylation sites (N-methyl/N-ethyl adjacent to an activating group) is 1. The second kappa shape index (κ2) is 5.88. The number of hydrogen-bond donors (Lipinski definition) is 1. The smallest absolute Gasteiger partial charge is 0.240 e. The Balaban J connectivity index is 2.57. The predicted molar refractivity (Wildman–Crippen MR) is 64.7 cm³/mol. The Morgan fingerprint density at radius 2 is 2.38 bits per heavy atom. The van der Waals surface area contributed by atoms with Crippen molar-refractivity contribution in [2.75, 3.05) is 27.2 Å². The van der Waals surface area contributed by atoms with E-state index in [1.807, 2.05) is 19.0 Å². The summed E-state index contributed by atoms with van der Waals surface area (Å²) in [6, 6.07) is -0.237. The Kier molecular flexibility index (Phi) is 4.78. The van der Waals surface area contributed by atoms with Gasteiger partial charge in [-0.1, -0.05) is 0 Å². The van der Waals surface area contributed by atoms with Gasteiger partial charge in [-0.05, 0) is 26.9 Å². The third-order valence-electron chi connectivity index (χ3n) is 2.89. The van der Waals surface area contributed by atoms with Crippen LogP contribution in [0.15, 0.2) is 0 Å². The predicted octanol–water partition coefficient (Wildman–Crippen LogP) is -0.110. The lowest BCUT2D eigenvalue weighted by atomic mass is 10.1. The molecule has 0 aromatic rings. The monoisotopic (exact) mass is 223 g/mol. The van der Waals surface area contributed by atoms with Gasteiger partial charge in [0, 0.05) is 25.6 Å². The van der Waals surface area contributed by atoms with Crippen molar-refractivity contribution in [3.63, 3.8) is 0 Å². The van der Waals surface area contributed by atoms with Gasteiger partial charge in [0.15, 0.2) is 0 Å². The van der Waals surface area contributed by atoms with Crippen molar-refractivity contribution in [2.24, 2.45) is 5.73 Å². The fourth-order valence-corrected chi connectivity index (χ4v) is 2.16. The molecule has 2 N–H and O–H groups in total. The third-order valence-corrected chi connectivity index (χ3v) is 2.89. The van der Waals surface area contributed by atoms with Crippen molar-refractivity contribution in [3.05, 3.63) is 0 Å². The number of rotatable bonds is 4. The normalized spacial score (nSPS) is 22.2. The van der Waals surface area contributed by atoms with Gasteiger partial charge in [-0.15, -0.1) is 12.3 Å². The molecule has 0 spiro atoms. The average molecular weight is 223 g/mol. The van der Waals surface area contributed by atoms with Gasteiger partial charge in [-0.3, -0.25) is 4.79 Å². The van der Waals surface area contributed by atoms with Crippen LogP contribution in [0, 0.1) is 12.3 Å². The molecule has 1 aliphatic rings. The van der Waals surface area contributed by atoms with Crippen LogP contribution in [0.3, 0.4) is 0 Å². The third kappa shape index (κ3) is 3.22. The summed E-state index contributed by atoms with van der Waals surface area (Å²) in [5.41, 5.74) is 5.75. The molecule has 1 aliphatic heterocycles. The second-order valence-corrected chi connectivity index (χ2v) is 4.60.